The van der Waals surface area contributed by atoms with Crippen LogP contribution in [-0.4, -0.2) is 82.3 Å². The third-order valence-corrected chi connectivity index (χ3v) is 6.86. The van der Waals surface area contributed by atoms with Gasteiger partial charge in [-0.2, -0.15) is 0 Å². The number of aliphatic carboxylic acids is 2. The second-order valence-corrected chi connectivity index (χ2v) is 10.3. The number of rotatable bonds is 10. The van der Waals surface area contributed by atoms with E-state index in [1.165, 1.54) is 0 Å². The van der Waals surface area contributed by atoms with E-state index in [2.05, 4.69) is 10.6 Å². The summed E-state index contributed by atoms with van der Waals surface area (Å²) < 4.78 is 10.4. The summed E-state index contributed by atoms with van der Waals surface area (Å²) in [6.45, 7) is 0. The van der Waals surface area contributed by atoms with Gasteiger partial charge in [0.15, 0.2) is 0 Å². The molecule has 2 amide bonds. The summed E-state index contributed by atoms with van der Waals surface area (Å²) >= 11 is 0. The number of benzene rings is 2. The van der Waals surface area contributed by atoms with Crippen LogP contribution in [0.2, 0.25) is 0 Å². The highest BCUT2D eigenvalue weighted by Crippen LogP contribution is 2.20. The number of hydrogen-bond donors (Lipinski definition) is 6. The first-order chi connectivity index (χ1) is 20.1. The molecule has 6 N–H and O–H groups in total. The quantitative estimate of drug-likeness (QED) is 0.218. The normalized spacial score (nSPS) is 21.9. The van der Waals surface area contributed by atoms with Crippen LogP contribution in [-0.2, 0) is 41.3 Å². The molecule has 2 aliphatic rings. The van der Waals surface area contributed by atoms with Gasteiger partial charge in [0.25, 0.3) is 0 Å². The standard InChI is InChI=1S/2C14H18BNO5/c2*17-13(8-10-4-2-1-3-5-10)16-12-7-6-11(9-14(18)19)21-15(12)20/h2*1-5,11-12,20H,6-9H2,(H,16,17)(H,18,19)/t2*11-,12-/m00/s1. The van der Waals surface area contributed by atoms with Gasteiger partial charge in [0.2, 0.25) is 11.8 Å². The first-order valence-corrected chi connectivity index (χ1v) is 13.9. The van der Waals surface area contributed by atoms with Gasteiger partial charge in [-0.3, -0.25) is 19.2 Å². The Kier molecular flexibility index (Phi) is 13.0. The lowest BCUT2D eigenvalue weighted by Gasteiger charge is -2.30. The van der Waals surface area contributed by atoms with Crippen molar-refractivity contribution in [1.29, 1.82) is 0 Å². The smallest absolute Gasteiger partial charge is 0.478 e. The number of amides is 2. The van der Waals surface area contributed by atoms with Crippen LogP contribution in [0.15, 0.2) is 60.7 Å². The average Bonchev–Trinajstić information content (AvgIpc) is 2.93. The summed E-state index contributed by atoms with van der Waals surface area (Å²) in [5.41, 5.74) is 1.79. The number of nitrogens with one attached hydrogen (secondary N) is 2. The Labute approximate surface area is 244 Å². The lowest BCUT2D eigenvalue weighted by molar-refractivity contribution is -0.140. The van der Waals surface area contributed by atoms with Crippen LogP contribution in [0.1, 0.15) is 49.7 Å². The molecule has 42 heavy (non-hydrogen) atoms. The van der Waals surface area contributed by atoms with Crippen molar-refractivity contribution in [2.45, 2.75) is 75.5 Å². The minimum atomic E-state index is -1.16. The van der Waals surface area contributed by atoms with Gasteiger partial charge >= 0.3 is 26.2 Å². The lowest BCUT2D eigenvalue weighted by Crippen LogP contribution is -2.53. The highest BCUT2D eigenvalue weighted by Gasteiger charge is 2.37. The molecule has 2 fully saturated rings. The molecule has 0 aliphatic carbocycles. The maximum absolute atomic E-state index is 11.9. The summed E-state index contributed by atoms with van der Waals surface area (Å²) in [4.78, 5) is 45.0. The minimum absolute atomic E-state index is 0.137. The molecule has 0 spiro atoms. The van der Waals surface area contributed by atoms with Crippen LogP contribution in [0.5, 0.6) is 0 Å². The SMILES string of the molecule is O=C(O)C[C@@H]1CC[C@H](NC(=O)Cc2ccccc2)B(O)O1.O=C(O)C[C@@H]1CC[C@H](NC(=O)Cc2ccccc2)B(O)O1. The van der Waals surface area contributed by atoms with Gasteiger partial charge in [0.1, 0.15) is 0 Å². The van der Waals surface area contributed by atoms with E-state index < -0.39 is 50.3 Å². The summed E-state index contributed by atoms with van der Waals surface area (Å²) in [6, 6.07) is 18.6. The van der Waals surface area contributed by atoms with Gasteiger partial charge in [-0.1, -0.05) is 60.7 Å². The van der Waals surface area contributed by atoms with Crippen molar-refractivity contribution >= 4 is 38.0 Å². The van der Waals surface area contributed by atoms with Crippen molar-refractivity contribution < 1.29 is 48.7 Å². The van der Waals surface area contributed by atoms with E-state index in [4.69, 9.17) is 19.5 Å². The molecule has 2 saturated heterocycles. The molecule has 12 nitrogen and oxygen atoms in total. The third-order valence-electron chi connectivity index (χ3n) is 6.86. The van der Waals surface area contributed by atoms with Crippen molar-refractivity contribution in [2.75, 3.05) is 0 Å². The second kappa shape index (κ2) is 16.7. The number of hydrogen-bond acceptors (Lipinski definition) is 8. The first kappa shape index (κ1) is 32.8. The fourth-order valence-corrected chi connectivity index (χ4v) is 4.79. The average molecular weight is 582 g/mol. The van der Waals surface area contributed by atoms with Crippen molar-refractivity contribution in [2.24, 2.45) is 0 Å². The molecule has 2 heterocycles. The zero-order chi connectivity index (χ0) is 30.5. The highest BCUT2D eigenvalue weighted by atomic mass is 16.5. The predicted molar refractivity (Wildman–Crippen MR) is 153 cm³/mol. The zero-order valence-electron chi connectivity index (χ0n) is 23.1. The predicted octanol–water partition coefficient (Wildman–Crippen LogP) is 0.775. The minimum Gasteiger partial charge on any atom is -0.481 e. The molecular weight excluding hydrogens is 546 g/mol. The van der Waals surface area contributed by atoms with E-state index in [1.54, 1.807) is 0 Å². The summed E-state index contributed by atoms with van der Waals surface area (Å²) in [5.74, 6) is -3.29. The molecule has 0 unspecified atom stereocenters. The van der Waals surface area contributed by atoms with Gasteiger partial charge in [0.05, 0.1) is 49.8 Å². The fraction of sp³-hybridized carbons (Fsp3) is 0.429. The molecule has 0 saturated carbocycles. The van der Waals surface area contributed by atoms with E-state index in [0.717, 1.165) is 11.1 Å². The van der Waals surface area contributed by atoms with Crippen LogP contribution in [0.4, 0.5) is 0 Å². The van der Waals surface area contributed by atoms with Crippen molar-refractivity contribution in [1.82, 2.24) is 10.6 Å². The summed E-state index contributed by atoms with van der Waals surface area (Å²) in [5, 5.41) is 42.5. The Morgan fingerprint density at radius 2 is 1.00 bits per heavy atom. The molecule has 14 heteroatoms. The summed E-state index contributed by atoms with van der Waals surface area (Å²) in [7, 11) is -2.33. The molecule has 0 bridgehead atoms. The fourth-order valence-electron chi connectivity index (χ4n) is 4.79. The van der Waals surface area contributed by atoms with Gasteiger partial charge < -0.3 is 40.2 Å². The second-order valence-electron chi connectivity index (χ2n) is 10.3. The molecule has 4 atom stereocenters. The van der Waals surface area contributed by atoms with E-state index in [1.807, 2.05) is 60.7 Å². The Hall–Kier alpha value is -3.71. The Bertz CT molecular complexity index is 1080. The molecule has 224 valence electrons. The van der Waals surface area contributed by atoms with Crippen LogP contribution in [0.3, 0.4) is 0 Å². The maximum Gasteiger partial charge on any atom is 0.478 e. The first-order valence-electron chi connectivity index (χ1n) is 13.9. The molecule has 2 aromatic rings. The Balaban J connectivity index is 0.000000230. The summed E-state index contributed by atoms with van der Waals surface area (Å²) in [6.07, 6.45) is 1.20. The van der Waals surface area contributed by atoms with Crippen molar-refractivity contribution in [3.05, 3.63) is 71.8 Å². The number of carbonyl (C=O) groups excluding carboxylic acids is 2. The van der Waals surface area contributed by atoms with Gasteiger partial charge in [-0.15, -0.1) is 0 Å². The van der Waals surface area contributed by atoms with Crippen LogP contribution in [0.25, 0.3) is 0 Å². The molecule has 0 radical (unpaired) electrons. The van der Waals surface area contributed by atoms with Crippen LogP contribution >= 0.6 is 0 Å². The van der Waals surface area contributed by atoms with Gasteiger partial charge in [-0.05, 0) is 36.8 Å². The molecule has 2 aromatic carbocycles. The molecule has 2 aliphatic heterocycles. The number of carboxylic acid groups (broad SMARTS) is 2. The highest BCUT2D eigenvalue weighted by molar-refractivity contribution is 6.46. The van der Waals surface area contributed by atoms with E-state index >= 15 is 0 Å². The molecule has 4 rings (SSSR count). The topological polar surface area (TPSA) is 192 Å². The van der Waals surface area contributed by atoms with E-state index in [0.29, 0.717) is 25.7 Å². The third kappa shape index (κ3) is 11.6. The Morgan fingerprint density at radius 3 is 1.31 bits per heavy atom. The Morgan fingerprint density at radius 1 is 0.643 bits per heavy atom. The lowest BCUT2D eigenvalue weighted by atomic mass is 9.72. The zero-order valence-corrected chi connectivity index (χ0v) is 23.1. The maximum atomic E-state index is 11.9. The van der Waals surface area contributed by atoms with Gasteiger partial charge in [0, 0.05) is 0 Å². The van der Waals surface area contributed by atoms with Crippen LogP contribution < -0.4 is 10.6 Å². The molecular formula is C28H36B2N2O10. The molecule has 0 aromatic heterocycles. The largest absolute Gasteiger partial charge is 0.481 e. The van der Waals surface area contributed by atoms with Gasteiger partial charge in [-0.25, -0.2) is 0 Å². The van der Waals surface area contributed by atoms with Crippen molar-refractivity contribution in [3.63, 3.8) is 0 Å². The van der Waals surface area contributed by atoms with E-state index in [9.17, 15) is 29.2 Å². The monoisotopic (exact) mass is 582 g/mol. The van der Waals surface area contributed by atoms with Crippen LogP contribution in [0, 0.1) is 0 Å². The van der Waals surface area contributed by atoms with Crippen molar-refractivity contribution in [3.8, 4) is 0 Å². The number of carbonyl (C=O) groups is 4. The van der Waals surface area contributed by atoms with E-state index in [-0.39, 0.29) is 37.5 Å². The number of carboxylic acids is 2.